The van der Waals surface area contributed by atoms with Crippen LogP contribution in [0.15, 0.2) is 21.5 Å². The largest absolute Gasteiger partial charge is 0.243 e. The minimum absolute atomic E-state index is 0.309. The highest BCUT2D eigenvalue weighted by molar-refractivity contribution is 9.10. The summed E-state index contributed by atoms with van der Waals surface area (Å²) < 4.78 is 27.3. The van der Waals surface area contributed by atoms with Gasteiger partial charge in [-0.3, -0.25) is 0 Å². The van der Waals surface area contributed by atoms with Gasteiger partial charge in [-0.2, -0.15) is 0 Å². The summed E-state index contributed by atoms with van der Waals surface area (Å²) in [6.45, 7) is 2.47. The van der Waals surface area contributed by atoms with Gasteiger partial charge in [0, 0.05) is 23.9 Å². The maximum atomic E-state index is 12.6. The second-order valence-electron chi connectivity index (χ2n) is 5.09. The molecule has 0 saturated heterocycles. The molecule has 1 aliphatic rings. The SMILES string of the molecule is Cc1cc(CCl)cc(S(=O)(=O)N(C)CC2CC2)c1Br. The predicted molar refractivity (Wildman–Crippen MR) is 81.0 cm³/mol. The normalized spacial score (nSPS) is 16.1. The summed E-state index contributed by atoms with van der Waals surface area (Å²) >= 11 is 9.20. The standard InChI is InChI=1S/C13H17BrClNO2S/c1-9-5-11(7-15)6-12(13(9)14)19(17,18)16(2)8-10-3-4-10/h5-6,10H,3-4,7-8H2,1-2H3. The molecule has 0 bridgehead atoms. The van der Waals surface area contributed by atoms with Crippen molar-refractivity contribution in [3.05, 3.63) is 27.7 Å². The zero-order valence-electron chi connectivity index (χ0n) is 11.0. The fourth-order valence-corrected chi connectivity index (χ4v) is 4.43. The van der Waals surface area contributed by atoms with Crippen molar-refractivity contribution in [2.24, 2.45) is 5.92 Å². The monoisotopic (exact) mass is 365 g/mol. The van der Waals surface area contributed by atoms with E-state index in [-0.39, 0.29) is 0 Å². The van der Waals surface area contributed by atoms with Gasteiger partial charge in [-0.25, -0.2) is 12.7 Å². The van der Waals surface area contributed by atoms with Gasteiger partial charge in [0.1, 0.15) is 0 Å². The minimum atomic E-state index is -3.45. The fraction of sp³-hybridized carbons (Fsp3) is 0.538. The maximum Gasteiger partial charge on any atom is 0.243 e. The van der Waals surface area contributed by atoms with E-state index < -0.39 is 10.0 Å². The summed E-state index contributed by atoms with van der Waals surface area (Å²) in [7, 11) is -1.81. The Bertz CT molecular complexity index is 585. The van der Waals surface area contributed by atoms with Crippen LogP contribution in [0.2, 0.25) is 0 Å². The molecule has 0 N–H and O–H groups in total. The Hall–Kier alpha value is -0.100. The van der Waals surface area contributed by atoms with Crippen LogP contribution in [-0.2, 0) is 15.9 Å². The Morgan fingerprint density at radius 3 is 2.58 bits per heavy atom. The van der Waals surface area contributed by atoms with E-state index in [1.54, 1.807) is 13.1 Å². The molecule has 1 aromatic carbocycles. The molecule has 0 amide bonds. The highest BCUT2D eigenvalue weighted by Crippen LogP contribution is 2.33. The Kier molecular flexibility index (Phi) is 4.60. The predicted octanol–water partition coefficient (Wildman–Crippen LogP) is 3.53. The smallest absolute Gasteiger partial charge is 0.207 e. The molecule has 1 fully saturated rings. The lowest BCUT2D eigenvalue weighted by atomic mass is 10.2. The molecule has 0 radical (unpaired) electrons. The molecule has 0 aromatic heterocycles. The molecule has 0 heterocycles. The Balaban J connectivity index is 2.40. The summed E-state index contributed by atoms with van der Waals surface area (Å²) in [4.78, 5) is 0.311. The maximum absolute atomic E-state index is 12.6. The highest BCUT2D eigenvalue weighted by atomic mass is 79.9. The zero-order valence-corrected chi connectivity index (χ0v) is 14.1. The lowest BCUT2D eigenvalue weighted by Gasteiger charge is -2.19. The molecule has 0 unspecified atom stereocenters. The van der Waals surface area contributed by atoms with E-state index in [1.807, 2.05) is 13.0 Å². The Labute approximate surface area is 128 Å². The molecular formula is C13H17BrClNO2S. The first-order valence-electron chi connectivity index (χ1n) is 6.17. The third kappa shape index (κ3) is 3.32. The number of alkyl halides is 1. The van der Waals surface area contributed by atoms with Crippen molar-refractivity contribution in [2.75, 3.05) is 13.6 Å². The first-order valence-corrected chi connectivity index (χ1v) is 8.94. The van der Waals surface area contributed by atoms with Crippen molar-refractivity contribution in [2.45, 2.75) is 30.5 Å². The second-order valence-corrected chi connectivity index (χ2v) is 8.16. The van der Waals surface area contributed by atoms with Crippen molar-refractivity contribution in [1.82, 2.24) is 4.31 Å². The van der Waals surface area contributed by atoms with Crippen LogP contribution in [0.1, 0.15) is 24.0 Å². The number of halogens is 2. The molecule has 1 saturated carbocycles. The summed E-state index contributed by atoms with van der Waals surface area (Å²) in [5.41, 5.74) is 1.71. The third-order valence-corrected chi connectivity index (χ3v) is 6.81. The van der Waals surface area contributed by atoms with Crippen LogP contribution in [0.4, 0.5) is 0 Å². The number of rotatable bonds is 5. The van der Waals surface area contributed by atoms with Crippen LogP contribution in [-0.4, -0.2) is 26.3 Å². The highest BCUT2D eigenvalue weighted by Gasteiger charge is 2.30. The first kappa shape index (κ1) is 15.3. The molecule has 3 nitrogen and oxygen atoms in total. The number of aryl methyl sites for hydroxylation is 1. The van der Waals surface area contributed by atoms with Crippen LogP contribution < -0.4 is 0 Å². The molecule has 6 heteroatoms. The summed E-state index contributed by atoms with van der Waals surface area (Å²) in [6.07, 6.45) is 2.25. The number of hydrogen-bond acceptors (Lipinski definition) is 2. The van der Waals surface area contributed by atoms with Crippen LogP contribution >= 0.6 is 27.5 Å². The van der Waals surface area contributed by atoms with Crippen LogP contribution in [0, 0.1) is 12.8 Å². The van der Waals surface area contributed by atoms with E-state index in [1.165, 1.54) is 4.31 Å². The topological polar surface area (TPSA) is 37.4 Å². The van der Waals surface area contributed by atoms with Gasteiger partial charge in [-0.15, -0.1) is 11.6 Å². The second kappa shape index (κ2) is 5.72. The zero-order chi connectivity index (χ0) is 14.2. The molecular weight excluding hydrogens is 350 g/mol. The van der Waals surface area contributed by atoms with Crippen molar-refractivity contribution in [3.63, 3.8) is 0 Å². The van der Waals surface area contributed by atoms with Crippen LogP contribution in [0.25, 0.3) is 0 Å². The van der Waals surface area contributed by atoms with E-state index in [9.17, 15) is 8.42 Å². The van der Waals surface area contributed by atoms with Gasteiger partial charge in [0.05, 0.1) is 4.90 Å². The molecule has 106 valence electrons. The molecule has 2 rings (SSSR count). The molecule has 0 atom stereocenters. The molecule has 19 heavy (non-hydrogen) atoms. The summed E-state index contributed by atoms with van der Waals surface area (Å²) in [6, 6.07) is 3.56. The van der Waals surface area contributed by atoms with Gasteiger partial charge >= 0.3 is 0 Å². The van der Waals surface area contributed by atoms with E-state index in [0.717, 1.165) is 24.0 Å². The van der Waals surface area contributed by atoms with Crippen molar-refractivity contribution < 1.29 is 8.42 Å². The molecule has 1 aliphatic carbocycles. The fourth-order valence-electron chi connectivity index (χ4n) is 2.00. The van der Waals surface area contributed by atoms with E-state index in [4.69, 9.17) is 11.6 Å². The average Bonchev–Trinajstić information content (AvgIpc) is 3.15. The van der Waals surface area contributed by atoms with Gasteiger partial charge in [-0.05, 0) is 58.8 Å². The molecule has 1 aromatic rings. The number of nitrogens with zero attached hydrogens (tertiary/aromatic N) is 1. The number of benzene rings is 1. The van der Waals surface area contributed by atoms with E-state index >= 15 is 0 Å². The van der Waals surface area contributed by atoms with Crippen molar-refractivity contribution in [3.8, 4) is 0 Å². The van der Waals surface area contributed by atoms with E-state index in [2.05, 4.69) is 15.9 Å². The number of sulfonamides is 1. The Morgan fingerprint density at radius 1 is 1.42 bits per heavy atom. The van der Waals surface area contributed by atoms with E-state index in [0.29, 0.717) is 27.7 Å². The summed E-state index contributed by atoms with van der Waals surface area (Å²) in [5, 5.41) is 0. The lowest BCUT2D eigenvalue weighted by molar-refractivity contribution is 0.452. The van der Waals surface area contributed by atoms with Crippen LogP contribution in [0.3, 0.4) is 0 Å². The van der Waals surface area contributed by atoms with Crippen LogP contribution in [0.5, 0.6) is 0 Å². The van der Waals surface area contributed by atoms with Gasteiger partial charge in [0.15, 0.2) is 0 Å². The quantitative estimate of drug-likeness (QED) is 0.748. The Morgan fingerprint density at radius 2 is 2.05 bits per heavy atom. The van der Waals surface area contributed by atoms with Gasteiger partial charge in [0.2, 0.25) is 10.0 Å². The molecule has 0 spiro atoms. The first-order chi connectivity index (χ1) is 8.86. The van der Waals surface area contributed by atoms with Crippen molar-refractivity contribution in [1.29, 1.82) is 0 Å². The minimum Gasteiger partial charge on any atom is -0.207 e. The lowest BCUT2D eigenvalue weighted by Crippen LogP contribution is -2.29. The van der Waals surface area contributed by atoms with Gasteiger partial charge in [-0.1, -0.05) is 6.07 Å². The van der Waals surface area contributed by atoms with Gasteiger partial charge < -0.3 is 0 Å². The van der Waals surface area contributed by atoms with Crippen molar-refractivity contribution >= 4 is 37.6 Å². The molecule has 0 aliphatic heterocycles. The third-order valence-electron chi connectivity index (χ3n) is 3.34. The van der Waals surface area contributed by atoms with Gasteiger partial charge in [0.25, 0.3) is 0 Å². The summed E-state index contributed by atoms with van der Waals surface area (Å²) in [5.74, 6) is 0.832. The number of hydrogen-bond donors (Lipinski definition) is 0. The average molecular weight is 367 g/mol.